The highest BCUT2D eigenvalue weighted by atomic mass is 16.4. The summed E-state index contributed by atoms with van der Waals surface area (Å²) >= 11 is 0. The second-order valence-corrected chi connectivity index (χ2v) is 3.66. The highest BCUT2D eigenvalue weighted by molar-refractivity contribution is 5.94. The van der Waals surface area contributed by atoms with Crippen LogP contribution < -0.4 is 5.32 Å². The van der Waals surface area contributed by atoms with Crippen LogP contribution in [0.3, 0.4) is 0 Å². The average Bonchev–Trinajstić information content (AvgIpc) is 2.68. The predicted molar refractivity (Wildman–Crippen MR) is 65.1 cm³/mol. The van der Waals surface area contributed by atoms with Crippen LogP contribution in [-0.4, -0.2) is 21.2 Å². The Hall–Kier alpha value is -1.52. The minimum atomic E-state index is 0.532. The normalized spacial score (nSPS) is 11.8. The number of aromatic amines is 1. The van der Waals surface area contributed by atoms with Crippen molar-refractivity contribution in [1.82, 2.24) is 10.2 Å². The molecule has 16 heavy (non-hydrogen) atoms. The van der Waals surface area contributed by atoms with Crippen LogP contribution >= 0.6 is 0 Å². The maximum atomic E-state index is 8.75. The molecule has 5 nitrogen and oxygen atoms in total. The standard InChI is InChI=1S/C11H20N4O/c1-4-7-9-8(5-2)11(14-13-9)12-10(6-3)15-16/h16H,4-7H2,1-3H3,(H2,12,13,14,15). The molecule has 0 aromatic carbocycles. The van der Waals surface area contributed by atoms with Gasteiger partial charge < -0.3 is 10.5 Å². The fraction of sp³-hybridized carbons (Fsp3) is 0.636. The molecule has 0 amide bonds. The van der Waals surface area contributed by atoms with Crippen LogP contribution in [0.5, 0.6) is 0 Å². The van der Waals surface area contributed by atoms with E-state index in [2.05, 4.69) is 34.5 Å². The number of aromatic nitrogens is 2. The molecule has 0 saturated heterocycles. The molecule has 0 aliphatic heterocycles. The third-order valence-electron chi connectivity index (χ3n) is 2.52. The Morgan fingerprint density at radius 2 is 2.19 bits per heavy atom. The van der Waals surface area contributed by atoms with Crippen molar-refractivity contribution < 1.29 is 5.21 Å². The lowest BCUT2D eigenvalue weighted by molar-refractivity contribution is 0.318. The van der Waals surface area contributed by atoms with Crippen molar-refractivity contribution in [2.75, 3.05) is 5.32 Å². The van der Waals surface area contributed by atoms with E-state index in [1.54, 1.807) is 0 Å². The molecule has 90 valence electrons. The van der Waals surface area contributed by atoms with E-state index in [1.165, 1.54) is 11.3 Å². The first-order chi connectivity index (χ1) is 7.76. The molecule has 0 aliphatic carbocycles. The number of amidine groups is 1. The number of aryl methyl sites for hydroxylation is 1. The Morgan fingerprint density at radius 3 is 2.69 bits per heavy atom. The zero-order valence-corrected chi connectivity index (χ0v) is 10.2. The fourth-order valence-corrected chi connectivity index (χ4v) is 1.66. The Labute approximate surface area is 95.9 Å². The van der Waals surface area contributed by atoms with Gasteiger partial charge in [0.25, 0.3) is 0 Å². The second-order valence-electron chi connectivity index (χ2n) is 3.66. The lowest BCUT2D eigenvalue weighted by Crippen LogP contribution is -2.12. The molecule has 0 bridgehead atoms. The van der Waals surface area contributed by atoms with E-state index in [0.717, 1.165) is 25.1 Å². The number of H-pyrrole nitrogens is 1. The lowest BCUT2D eigenvalue weighted by atomic mass is 10.1. The van der Waals surface area contributed by atoms with Crippen LogP contribution in [0, 0.1) is 0 Å². The SMILES string of the molecule is CCCc1[nH]nc(NC(CC)=NO)c1CC. The Balaban J connectivity index is 2.87. The number of nitrogens with one attached hydrogen (secondary N) is 2. The highest BCUT2D eigenvalue weighted by Crippen LogP contribution is 2.18. The molecule has 1 rings (SSSR count). The summed E-state index contributed by atoms with van der Waals surface area (Å²) in [5, 5.41) is 22.2. The Morgan fingerprint density at radius 1 is 1.44 bits per heavy atom. The van der Waals surface area contributed by atoms with Crippen LogP contribution in [0.4, 0.5) is 5.82 Å². The van der Waals surface area contributed by atoms with Crippen molar-refractivity contribution in [2.24, 2.45) is 5.16 Å². The van der Waals surface area contributed by atoms with E-state index in [0.29, 0.717) is 12.3 Å². The van der Waals surface area contributed by atoms with Gasteiger partial charge in [0.05, 0.1) is 0 Å². The molecule has 5 heteroatoms. The number of hydrogen-bond donors (Lipinski definition) is 3. The van der Waals surface area contributed by atoms with E-state index < -0.39 is 0 Å². The molecule has 0 radical (unpaired) electrons. The predicted octanol–water partition coefficient (Wildman–Crippen LogP) is 2.53. The summed E-state index contributed by atoms with van der Waals surface area (Å²) in [6, 6.07) is 0. The molecule has 3 N–H and O–H groups in total. The summed E-state index contributed by atoms with van der Waals surface area (Å²) in [4.78, 5) is 0. The van der Waals surface area contributed by atoms with Gasteiger partial charge in [0.15, 0.2) is 5.82 Å². The van der Waals surface area contributed by atoms with E-state index in [9.17, 15) is 0 Å². The topological polar surface area (TPSA) is 73.3 Å². The molecule has 0 fully saturated rings. The van der Waals surface area contributed by atoms with Gasteiger partial charge in [0.1, 0.15) is 5.84 Å². The molecule has 0 atom stereocenters. The number of hydrogen-bond acceptors (Lipinski definition) is 3. The van der Waals surface area contributed by atoms with Crippen molar-refractivity contribution >= 4 is 11.7 Å². The van der Waals surface area contributed by atoms with Gasteiger partial charge in [-0.3, -0.25) is 5.10 Å². The van der Waals surface area contributed by atoms with Gasteiger partial charge in [-0.15, -0.1) is 0 Å². The van der Waals surface area contributed by atoms with Gasteiger partial charge in [-0.2, -0.15) is 5.10 Å². The largest absolute Gasteiger partial charge is 0.409 e. The molecular weight excluding hydrogens is 204 g/mol. The van der Waals surface area contributed by atoms with Crippen LogP contribution in [0.15, 0.2) is 5.16 Å². The molecule has 1 aromatic heterocycles. The van der Waals surface area contributed by atoms with Gasteiger partial charge in [-0.05, 0) is 12.8 Å². The maximum absolute atomic E-state index is 8.75. The zero-order valence-electron chi connectivity index (χ0n) is 10.2. The summed E-state index contributed by atoms with van der Waals surface area (Å²) in [5.74, 6) is 1.31. The van der Waals surface area contributed by atoms with Crippen molar-refractivity contribution in [3.63, 3.8) is 0 Å². The second kappa shape index (κ2) is 6.15. The van der Waals surface area contributed by atoms with Crippen molar-refractivity contribution in [3.8, 4) is 0 Å². The van der Waals surface area contributed by atoms with E-state index in [-0.39, 0.29) is 0 Å². The maximum Gasteiger partial charge on any atom is 0.156 e. The van der Waals surface area contributed by atoms with E-state index >= 15 is 0 Å². The molecule has 1 heterocycles. The van der Waals surface area contributed by atoms with Crippen molar-refractivity contribution in [1.29, 1.82) is 0 Å². The van der Waals surface area contributed by atoms with Crippen molar-refractivity contribution in [2.45, 2.75) is 46.5 Å². The number of rotatable bonds is 5. The van der Waals surface area contributed by atoms with Gasteiger partial charge in [0.2, 0.25) is 0 Å². The zero-order chi connectivity index (χ0) is 12.0. The summed E-state index contributed by atoms with van der Waals surface area (Å²) in [6.45, 7) is 6.16. The number of oxime groups is 1. The minimum absolute atomic E-state index is 0.532. The smallest absolute Gasteiger partial charge is 0.156 e. The molecule has 0 spiro atoms. The van der Waals surface area contributed by atoms with Gasteiger partial charge in [0, 0.05) is 17.7 Å². The quantitative estimate of drug-likeness (QED) is 0.311. The summed E-state index contributed by atoms with van der Waals surface area (Å²) in [5.41, 5.74) is 2.34. The minimum Gasteiger partial charge on any atom is -0.409 e. The molecule has 0 saturated carbocycles. The first kappa shape index (κ1) is 12.5. The summed E-state index contributed by atoms with van der Waals surface area (Å²) < 4.78 is 0. The van der Waals surface area contributed by atoms with Gasteiger partial charge in [-0.25, -0.2) is 0 Å². The first-order valence-electron chi connectivity index (χ1n) is 5.80. The van der Waals surface area contributed by atoms with E-state index in [1.807, 2.05) is 6.92 Å². The lowest BCUT2D eigenvalue weighted by Gasteiger charge is -2.05. The molecule has 0 unspecified atom stereocenters. The first-order valence-corrected chi connectivity index (χ1v) is 5.80. The summed E-state index contributed by atoms with van der Waals surface area (Å²) in [7, 11) is 0. The van der Waals surface area contributed by atoms with Crippen LogP contribution in [0.1, 0.15) is 44.9 Å². The van der Waals surface area contributed by atoms with Gasteiger partial charge in [-0.1, -0.05) is 32.3 Å². The molecule has 1 aromatic rings. The third kappa shape index (κ3) is 2.74. The van der Waals surface area contributed by atoms with Crippen molar-refractivity contribution in [3.05, 3.63) is 11.3 Å². The Bertz CT molecular complexity index is 357. The fourth-order valence-electron chi connectivity index (χ4n) is 1.66. The third-order valence-corrected chi connectivity index (χ3v) is 2.52. The molecule has 0 aliphatic rings. The highest BCUT2D eigenvalue weighted by Gasteiger charge is 2.11. The number of nitrogens with zero attached hydrogens (tertiary/aromatic N) is 2. The summed E-state index contributed by atoms with van der Waals surface area (Å²) in [6.07, 6.45) is 3.64. The monoisotopic (exact) mass is 224 g/mol. The van der Waals surface area contributed by atoms with Crippen LogP contribution in [0.25, 0.3) is 0 Å². The number of anilines is 1. The average molecular weight is 224 g/mol. The van der Waals surface area contributed by atoms with Crippen LogP contribution in [0.2, 0.25) is 0 Å². The van der Waals surface area contributed by atoms with E-state index in [4.69, 9.17) is 5.21 Å². The van der Waals surface area contributed by atoms with Crippen LogP contribution in [-0.2, 0) is 12.8 Å². The molecular formula is C11H20N4O. The Kier molecular flexibility index (Phi) is 4.82. The van der Waals surface area contributed by atoms with Gasteiger partial charge >= 0.3 is 0 Å².